The van der Waals surface area contributed by atoms with Gasteiger partial charge in [-0.2, -0.15) is 15.0 Å². The molecule has 0 saturated carbocycles. The summed E-state index contributed by atoms with van der Waals surface area (Å²) in [6.07, 6.45) is 4.16. The Morgan fingerprint density at radius 3 is 2.33 bits per heavy atom. The van der Waals surface area contributed by atoms with Crippen molar-refractivity contribution in [3.05, 3.63) is 0 Å². The van der Waals surface area contributed by atoms with E-state index in [9.17, 15) is 0 Å². The fraction of sp³-hybridized carbons (Fsp3) is 0.786. The first-order valence-corrected chi connectivity index (χ1v) is 7.65. The second-order valence-electron chi connectivity index (χ2n) is 4.62. The number of hydrogen-bond donors (Lipinski definition) is 2. The van der Waals surface area contributed by atoms with Crippen molar-refractivity contribution in [3.8, 4) is 6.01 Å². The highest BCUT2D eigenvalue weighted by atomic mass is 16.5. The van der Waals surface area contributed by atoms with Gasteiger partial charge in [0.2, 0.25) is 11.9 Å². The van der Waals surface area contributed by atoms with E-state index in [1.54, 1.807) is 7.11 Å². The number of rotatable bonds is 12. The topological polar surface area (TPSA) is 81.2 Å². The average Bonchev–Trinajstić information content (AvgIpc) is 2.49. The maximum atomic E-state index is 5.48. The minimum Gasteiger partial charge on any atom is -0.463 e. The summed E-state index contributed by atoms with van der Waals surface area (Å²) in [5.74, 6) is 1.10. The van der Waals surface area contributed by atoms with Crippen molar-refractivity contribution < 1.29 is 9.47 Å². The quantitative estimate of drug-likeness (QED) is 0.573. The van der Waals surface area contributed by atoms with Crippen molar-refractivity contribution in [2.45, 2.75) is 39.5 Å². The molecule has 0 saturated heterocycles. The predicted octanol–water partition coefficient (Wildman–Crippen LogP) is 2.32. The summed E-state index contributed by atoms with van der Waals surface area (Å²) in [6.45, 7) is 7.04. The Kier molecular flexibility index (Phi) is 9.19. The molecule has 1 aromatic heterocycles. The second-order valence-corrected chi connectivity index (χ2v) is 4.62. The van der Waals surface area contributed by atoms with E-state index in [0.29, 0.717) is 24.5 Å². The molecule has 0 aliphatic rings. The van der Waals surface area contributed by atoms with Crippen LogP contribution in [0.4, 0.5) is 11.9 Å². The lowest BCUT2D eigenvalue weighted by atomic mass is 10.2. The zero-order chi connectivity index (χ0) is 15.3. The van der Waals surface area contributed by atoms with Crippen LogP contribution < -0.4 is 15.4 Å². The van der Waals surface area contributed by atoms with E-state index in [2.05, 4.69) is 25.6 Å². The van der Waals surface area contributed by atoms with Gasteiger partial charge in [0.1, 0.15) is 0 Å². The molecular weight excluding hydrogens is 270 g/mol. The molecule has 2 N–H and O–H groups in total. The molecule has 0 bridgehead atoms. The van der Waals surface area contributed by atoms with Crippen LogP contribution in [0.3, 0.4) is 0 Å². The van der Waals surface area contributed by atoms with Crippen LogP contribution in [0.1, 0.15) is 39.5 Å². The van der Waals surface area contributed by atoms with Gasteiger partial charge in [-0.3, -0.25) is 0 Å². The summed E-state index contributed by atoms with van der Waals surface area (Å²) in [7, 11) is 1.73. The van der Waals surface area contributed by atoms with Crippen molar-refractivity contribution in [3.63, 3.8) is 0 Å². The van der Waals surface area contributed by atoms with E-state index in [1.807, 2.05) is 13.8 Å². The Balaban J connectivity index is 2.48. The Morgan fingerprint density at radius 2 is 1.67 bits per heavy atom. The molecule has 0 aliphatic carbocycles. The number of methoxy groups -OCH3 is 1. The lowest BCUT2D eigenvalue weighted by molar-refractivity contribution is 0.192. The maximum absolute atomic E-state index is 5.48. The zero-order valence-corrected chi connectivity index (χ0v) is 13.3. The van der Waals surface area contributed by atoms with Crippen molar-refractivity contribution >= 4 is 11.9 Å². The van der Waals surface area contributed by atoms with E-state index >= 15 is 0 Å². The van der Waals surface area contributed by atoms with Gasteiger partial charge in [0.15, 0.2) is 0 Å². The van der Waals surface area contributed by atoms with Gasteiger partial charge < -0.3 is 20.1 Å². The summed E-state index contributed by atoms with van der Waals surface area (Å²) in [5, 5.41) is 6.30. The summed E-state index contributed by atoms with van der Waals surface area (Å²) in [5.41, 5.74) is 0. The van der Waals surface area contributed by atoms with Crippen LogP contribution in [0, 0.1) is 0 Å². The molecule has 0 aromatic carbocycles. The molecule has 0 fully saturated rings. The molecule has 1 rings (SSSR count). The molecule has 0 amide bonds. The van der Waals surface area contributed by atoms with Gasteiger partial charge in [-0.25, -0.2) is 0 Å². The van der Waals surface area contributed by atoms with Crippen LogP contribution in [-0.4, -0.2) is 48.4 Å². The van der Waals surface area contributed by atoms with Gasteiger partial charge >= 0.3 is 6.01 Å². The Morgan fingerprint density at radius 1 is 0.905 bits per heavy atom. The fourth-order valence-corrected chi connectivity index (χ4v) is 1.68. The third-order valence-electron chi connectivity index (χ3n) is 2.69. The van der Waals surface area contributed by atoms with Crippen LogP contribution in [0.25, 0.3) is 0 Å². The van der Waals surface area contributed by atoms with Crippen molar-refractivity contribution in [2.24, 2.45) is 0 Å². The molecule has 0 atom stereocenters. The number of nitrogens with zero attached hydrogens (tertiary/aromatic N) is 3. The normalized spacial score (nSPS) is 10.4. The van der Waals surface area contributed by atoms with Crippen LogP contribution >= 0.6 is 0 Å². The Bertz CT molecular complexity index is 390. The van der Waals surface area contributed by atoms with Crippen LogP contribution in [-0.2, 0) is 4.74 Å². The summed E-state index contributed by atoms with van der Waals surface area (Å²) in [6, 6.07) is 0.365. The van der Waals surface area contributed by atoms with E-state index in [1.165, 1.54) is 0 Å². The fourth-order valence-electron chi connectivity index (χ4n) is 1.68. The SMILES string of the molecule is CCCOc1nc(NCC)nc(NCCCCCOC)n1. The molecular formula is C14H27N5O2. The molecule has 0 spiro atoms. The lowest BCUT2D eigenvalue weighted by Crippen LogP contribution is -2.12. The Hall–Kier alpha value is -1.63. The van der Waals surface area contributed by atoms with Gasteiger partial charge in [0.25, 0.3) is 0 Å². The number of nitrogens with one attached hydrogen (secondary N) is 2. The molecule has 0 radical (unpaired) electrons. The van der Waals surface area contributed by atoms with E-state index in [4.69, 9.17) is 9.47 Å². The number of anilines is 2. The van der Waals surface area contributed by atoms with E-state index in [0.717, 1.165) is 45.4 Å². The van der Waals surface area contributed by atoms with Gasteiger partial charge in [0, 0.05) is 26.8 Å². The van der Waals surface area contributed by atoms with Gasteiger partial charge in [-0.1, -0.05) is 6.92 Å². The first-order chi connectivity index (χ1) is 10.3. The third-order valence-corrected chi connectivity index (χ3v) is 2.69. The number of unbranched alkanes of at least 4 members (excludes halogenated alkanes) is 2. The van der Waals surface area contributed by atoms with Crippen LogP contribution in [0.2, 0.25) is 0 Å². The van der Waals surface area contributed by atoms with Gasteiger partial charge in [-0.15, -0.1) is 0 Å². The monoisotopic (exact) mass is 297 g/mol. The molecule has 0 aliphatic heterocycles. The number of aromatic nitrogens is 3. The van der Waals surface area contributed by atoms with E-state index < -0.39 is 0 Å². The molecule has 1 heterocycles. The molecule has 120 valence electrons. The third kappa shape index (κ3) is 7.65. The van der Waals surface area contributed by atoms with Crippen LogP contribution in [0.15, 0.2) is 0 Å². The highest BCUT2D eigenvalue weighted by molar-refractivity contribution is 5.35. The largest absolute Gasteiger partial charge is 0.463 e. The summed E-state index contributed by atoms with van der Waals surface area (Å²) >= 11 is 0. The minimum atomic E-state index is 0.365. The molecule has 21 heavy (non-hydrogen) atoms. The Labute approximate surface area is 126 Å². The molecule has 0 unspecified atom stereocenters. The van der Waals surface area contributed by atoms with Crippen molar-refractivity contribution in [1.82, 2.24) is 15.0 Å². The first-order valence-electron chi connectivity index (χ1n) is 7.65. The number of ether oxygens (including phenoxy) is 2. The van der Waals surface area contributed by atoms with Crippen molar-refractivity contribution in [2.75, 3.05) is 44.0 Å². The standard InChI is InChI=1S/C14H27N5O2/c1-4-10-21-14-18-12(15-5-2)17-13(19-14)16-9-7-6-8-11-20-3/h4-11H2,1-3H3,(H2,15,16,17,18,19). The van der Waals surface area contributed by atoms with E-state index in [-0.39, 0.29) is 0 Å². The predicted molar refractivity (Wildman–Crippen MR) is 84.0 cm³/mol. The van der Waals surface area contributed by atoms with Gasteiger partial charge in [-0.05, 0) is 32.6 Å². The van der Waals surface area contributed by atoms with Crippen molar-refractivity contribution in [1.29, 1.82) is 0 Å². The average molecular weight is 297 g/mol. The molecule has 1 aromatic rings. The highest BCUT2D eigenvalue weighted by Crippen LogP contribution is 2.11. The maximum Gasteiger partial charge on any atom is 0.323 e. The minimum absolute atomic E-state index is 0.365. The number of hydrogen-bond acceptors (Lipinski definition) is 7. The highest BCUT2D eigenvalue weighted by Gasteiger charge is 2.06. The van der Waals surface area contributed by atoms with Crippen LogP contribution in [0.5, 0.6) is 6.01 Å². The summed E-state index contributed by atoms with van der Waals surface area (Å²) in [4.78, 5) is 12.8. The summed E-state index contributed by atoms with van der Waals surface area (Å²) < 4.78 is 10.5. The molecule has 7 heteroatoms. The smallest absolute Gasteiger partial charge is 0.323 e. The van der Waals surface area contributed by atoms with Gasteiger partial charge in [0.05, 0.1) is 6.61 Å². The molecule has 7 nitrogen and oxygen atoms in total. The first kappa shape index (κ1) is 17.4. The zero-order valence-electron chi connectivity index (χ0n) is 13.3. The lowest BCUT2D eigenvalue weighted by Gasteiger charge is -2.09. The second kappa shape index (κ2) is 11.1.